The Morgan fingerprint density at radius 1 is 1.28 bits per heavy atom. The van der Waals surface area contributed by atoms with Gasteiger partial charge in [0.25, 0.3) is 5.91 Å². The van der Waals surface area contributed by atoms with Crippen molar-refractivity contribution in [1.29, 1.82) is 0 Å². The summed E-state index contributed by atoms with van der Waals surface area (Å²) in [5.41, 5.74) is 5.45. The number of para-hydroxylation sites is 1. The molecule has 1 heterocycles. The number of carbonyl (C=O) groups is 1. The number of rotatable bonds is 3. The van der Waals surface area contributed by atoms with Gasteiger partial charge in [0, 0.05) is 0 Å². The third-order valence-corrected chi connectivity index (χ3v) is 2.48. The Bertz CT molecular complexity index is 605. The maximum Gasteiger partial charge on any atom is 0.252 e. The van der Waals surface area contributed by atoms with Crippen LogP contribution in [0.15, 0.2) is 30.5 Å². The molecular weight excluding hydrogens is 277 g/mol. The van der Waals surface area contributed by atoms with E-state index in [1.54, 1.807) is 18.2 Å². The first-order valence-corrected chi connectivity index (χ1v) is 5.58. The molecule has 0 aliphatic rings. The van der Waals surface area contributed by atoms with Crippen LogP contribution in [0, 0.1) is 0 Å². The first-order valence-electron chi connectivity index (χ1n) is 4.82. The number of halogens is 2. The highest BCUT2D eigenvalue weighted by Gasteiger charge is 2.12. The van der Waals surface area contributed by atoms with E-state index in [2.05, 4.69) is 9.97 Å². The fourth-order valence-corrected chi connectivity index (χ4v) is 1.52. The third-order valence-electron chi connectivity index (χ3n) is 2.04. The second-order valence-electron chi connectivity index (χ2n) is 3.25. The van der Waals surface area contributed by atoms with Crippen LogP contribution >= 0.6 is 23.2 Å². The van der Waals surface area contributed by atoms with E-state index in [4.69, 9.17) is 33.7 Å². The molecule has 0 spiro atoms. The molecule has 92 valence electrons. The van der Waals surface area contributed by atoms with E-state index in [0.29, 0.717) is 0 Å². The summed E-state index contributed by atoms with van der Waals surface area (Å²) in [6.45, 7) is 0. The molecule has 2 N–H and O–H groups in total. The molecule has 18 heavy (non-hydrogen) atoms. The van der Waals surface area contributed by atoms with Crippen molar-refractivity contribution in [3.05, 3.63) is 46.3 Å². The Kier molecular flexibility index (Phi) is 3.64. The van der Waals surface area contributed by atoms with Gasteiger partial charge >= 0.3 is 0 Å². The number of carbonyl (C=O) groups excluding carboxylic acids is 1. The Balaban J connectivity index is 2.40. The standard InChI is InChI=1S/C11H7Cl2N3O2/c12-7-5-15-11(13)16-10(7)18-8-4-2-1-3-6(8)9(14)17/h1-5H,(H2,14,17). The van der Waals surface area contributed by atoms with Crippen LogP contribution < -0.4 is 10.5 Å². The van der Waals surface area contributed by atoms with Crippen molar-refractivity contribution < 1.29 is 9.53 Å². The molecule has 0 saturated carbocycles. The molecule has 1 aromatic carbocycles. The van der Waals surface area contributed by atoms with Crippen LogP contribution in [-0.2, 0) is 0 Å². The number of nitrogens with two attached hydrogens (primary N) is 1. The summed E-state index contributed by atoms with van der Waals surface area (Å²) in [6.07, 6.45) is 1.30. The van der Waals surface area contributed by atoms with Crippen LogP contribution in [0.1, 0.15) is 10.4 Å². The van der Waals surface area contributed by atoms with Gasteiger partial charge in [-0.25, -0.2) is 4.98 Å². The first-order chi connectivity index (χ1) is 8.58. The van der Waals surface area contributed by atoms with E-state index in [9.17, 15) is 4.79 Å². The molecule has 5 nitrogen and oxygen atoms in total. The zero-order valence-electron chi connectivity index (χ0n) is 8.93. The van der Waals surface area contributed by atoms with Crippen LogP contribution in [0.5, 0.6) is 11.6 Å². The molecule has 1 aromatic heterocycles. The number of primary amides is 1. The lowest BCUT2D eigenvalue weighted by Gasteiger charge is -2.08. The summed E-state index contributed by atoms with van der Waals surface area (Å²) in [4.78, 5) is 18.7. The fraction of sp³-hybridized carbons (Fsp3) is 0. The van der Waals surface area contributed by atoms with Gasteiger partial charge < -0.3 is 10.5 Å². The van der Waals surface area contributed by atoms with Crippen molar-refractivity contribution in [2.24, 2.45) is 5.73 Å². The molecule has 0 atom stereocenters. The van der Waals surface area contributed by atoms with Crippen molar-refractivity contribution in [2.45, 2.75) is 0 Å². The van der Waals surface area contributed by atoms with Crippen molar-refractivity contribution in [1.82, 2.24) is 9.97 Å². The predicted octanol–water partition coefficient (Wildman–Crippen LogP) is 2.67. The molecule has 0 aliphatic heterocycles. The highest BCUT2D eigenvalue weighted by atomic mass is 35.5. The Morgan fingerprint density at radius 3 is 2.72 bits per heavy atom. The molecule has 0 fully saturated rings. The average molecular weight is 284 g/mol. The minimum Gasteiger partial charge on any atom is -0.437 e. The van der Waals surface area contributed by atoms with Crippen molar-refractivity contribution in [3.63, 3.8) is 0 Å². The molecule has 0 bridgehead atoms. The number of aromatic nitrogens is 2. The second kappa shape index (κ2) is 5.20. The maximum absolute atomic E-state index is 11.2. The molecule has 7 heteroatoms. The minimum atomic E-state index is -0.609. The van der Waals surface area contributed by atoms with E-state index >= 15 is 0 Å². The number of hydrogen-bond acceptors (Lipinski definition) is 4. The SMILES string of the molecule is NC(=O)c1ccccc1Oc1nc(Cl)ncc1Cl. The largest absolute Gasteiger partial charge is 0.437 e. The molecule has 2 aromatic rings. The molecule has 1 amide bonds. The van der Waals surface area contributed by atoms with Crippen LogP contribution in [0.3, 0.4) is 0 Å². The van der Waals surface area contributed by atoms with E-state index in [0.717, 1.165) is 0 Å². The highest BCUT2D eigenvalue weighted by molar-refractivity contribution is 6.32. The van der Waals surface area contributed by atoms with Gasteiger partial charge in [-0.1, -0.05) is 23.7 Å². The minimum absolute atomic E-state index is 0.00837. The summed E-state index contributed by atoms with van der Waals surface area (Å²) in [5.74, 6) is -0.297. The molecule has 0 aliphatic carbocycles. The second-order valence-corrected chi connectivity index (χ2v) is 4.00. The van der Waals surface area contributed by atoms with Gasteiger partial charge in [0.2, 0.25) is 11.2 Å². The van der Waals surface area contributed by atoms with Gasteiger partial charge in [0.1, 0.15) is 10.8 Å². The van der Waals surface area contributed by atoms with Crippen molar-refractivity contribution in [2.75, 3.05) is 0 Å². The van der Waals surface area contributed by atoms with E-state index in [1.807, 2.05) is 0 Å². The van der Waals surface area contributed by atoms with Crippen LogP contribution in [-0.4, -0.2) is 15.9 Å². The van der Waals surface area contributed by atoms with E-state index in [-0.39, 0.29) is 27.5 Å². The average Bonchev–Trinajstić information content (AvgIpc) is 2.34. The quantitative estimate of drug-likeness (QED) is 0.879. The molecule has 2 rings (SSSR count). The summed E-state index contributed by atoms with van der Waals surface area (Å²) in [5, 5.41) is 0.171. The van der Waals surface area contributed by atoms with Crippen LogP contribution in [0.4, 0.5) is 0 Å². The predicted molar refractivity (Wildman–Crippen MR) is 67.1 cm³/mol. The lowest BCUT2D eigenvalue weighted by Crippen LogP contribution is -2.12. The van der Waals surface area contributed by atoms with Gasteiger partial charge in [-0.2, -0.15) is 4.98 Å². The molecule has 0 radical (unpaired) electrons. The van der Waals surface area contributed by atoms with Gasteiger partial charge in [-0.05, 0) is 23.7 Å². The smallest absolute Gasteiger partial charge is 0.252 e. The lowest BCUT2D eigenvalue weighted by molar-refractivity contribution is 0.0998. The van der Waals surface area contributed by atoms with Gasteiger partial charge in [-0.15, -0.1) is 0 Å². The van der Waals surface area contributed by atoms with E-state index < -0.39 is 5.91 Å². The van der Waals surface area contributed by atoms with Crippen LogP contribution in [0.2, 0.25) is 10.3 Å². The number of benzene rings is 1. The van der Waals surface area contributed by atoms with Crippen molar-refractivity contribution in [3.8, 4) is 11.6 Å². The zero-order chi connectivity index (χ0) is 13.1. The summed E-state index contributed by atoms with van der Waals surface area (Å²) < 4.78 is 5.41. The number of amides is 1. The topological polar surface area (TPSA) is 78.1 Å². The monoisotopic (exact) mass is 283 g/mol. The zero-order valence-corrected chi connectivity index (χ0v) is 10.4. The molecule has 0 saturated heterocycles. The van der Waals surface area contributed by atoms with Gasteiger partial charge in [0.15, 0.2) is 0 Å². The molecular formula is C11H7Cl2N3O2. The highest BCUT2D eigenvalue weighted by Crippen LogP contribution is 2.29. The number of ether oxygens (including phenoxy) is 1. The summed E-state index contributed by atoms with van der Waals surface area (Å²) in [6, 6.07) is 6.47. The molecule has 0 unspecified atom stereocenters. The Morgan fingerprint density at radius 2 is 2.00 bits per heavy atom. The van der Waals surface area contributed by atoms with Gasteiger partial charge in [-0.3, -0.25) is 4.79 Å². The third kappa shape index (κ3) is 2.69. The first kappa shape index (κ1) is 12.6. The fourth-order valence-electron chi connectivity index (χ4n) is 1.27. The number of hydrogen-bond donors (Lipinski definition) is 1. The van der Waals surface area contributed by atoms with Crippen LogP contribution in [0.25, 0.3) is 0 Å². The van der Waals surface area contributed by atoms with Crippen molar-refractivity contribution >= 4 is 29.1 Å². The lowest BCUT2D eigenvalue weighted by atomic mass is 10.2. The Hall–Kier alpha value is -1.85. The van der Waals surface area contributed by atoms with Gasteiger partial charge in [0.05, 0.1) is 11.8 Å². The summed E-state index contributed by atoms with van der Waals surface area (Å²) >= 11 is 11.5. The maximum atomic E-state index is 11.2. The van der Waals surface area contributed by atoms with E-state index in [1.165, 1.54) is 12.3 Å². The number of nitrogens with zero attached hydrogens (tertiary/aromatic N) is 2. The normalized spacial score (nSPS) is 10.1. The Labute approximate surface area is 113 Å². The summed E-state index contributed by atoms with van der Waals surface area (Å²) in [7, 11) is 0.